The zero-order valence-corrected chi connectivity index (χ0v) is 17.8. The number of aromatic nitrogens is 1. The molecule has 2 unspecified atom stereocenters. The Morgan fingerprint density at radius 2 is 1.90 bits per heavy atom. The molecule has 2 aliphatic rings. The molecule has 164 valence electrons. The topological polar surface area (TPSA) is 112 Å². The van der Waals surface area contributed by atoms with E-state index in [0.29, 0.717) is 31.7 Å². The van der Waals surface area contributed by atoms with Gasteiger partial charge in [-0.3, -0.25) is 20.4 Å². The van der Waals surface area contributed by atoms with Gasteiger partial charge in [0.25, 0.3) is 5.91 Å². The second-order valence-electron chi connectivity index (χ2n) is 8.36. The molecule has 2 aliphatic heterocycles. The first-order valence-electron chi connectivity index (χ1n) is 10.9. The van der Waals surface area contributed by atoms with E-state index < -0.39 is 0 Å². The summed E-state index contributed by atoms with van der Waals surface area (Å²) in [5.41, 5.74) is 14.6. The Morgan fingerprint density at radius 1 is 1.16 bits per heavy atom. The van der Waals surface area contributed by atoms with Gasteiger partial charge in [-0.1, -0.05) is 30.3 Å². The molecule has 8 heteroatoms. The lowest BCUT2D eigenvalue weighted by Gasteiger charge is -2.34. The molecule has 1 aromatic heterocycles. The summed E-state index contributed by atoms with van der Waals surface area (Å²) in [6.45, 7) is 4.57. The van der Waals surface area contributed by atoms with E-state index in [1.807, 2.05) is 48.2 Å². The van der Waals surface area contributed by atoms with Gasteiger partial charge >= 0.3 is 0 Å². The third-order valence-corrected chi connectivity index (χ3v) is 6.28. The highest BCUT2D eigenvalue weighted by Gasteiger charge is 2.34. The number of piperidine rings is 1. The number of likely N-dealkylation sites (tertiary alicyclic amines) is 1. The Labute approximate surface area is 182 Å². The third kappa shape index (κ3) is 4.86. The molecular formula is C23H30N6O2. The largest absolute Gasteiger partial charge is 0.383 e. The minimum absolute atomic E-state index is 0.0148. The summed E-state index contributed by atoms with van der Waals surface area (Å²) >= 11 is 0. The zero-order chi connectivity index (χ0) is 21.8. The summed E-state index contributed by atoms with van der Waals surface area (Å²) < 4.78 is 0. The van der Waals surface area contributed by atoms with Crippen LogP contribution in [0.2, 0.25) is 0 Å². The number of rotatable bonds is 5. The van der Waals surface area contributed by atoms with Crippen molar-refractivity contribution < 1.29 is 9.59 Å². The molecule has 31 heavy (non-hydrogen) atoms. The van der Waals surface area contributed by atoms with Gasteiger partial charge in [0.2, 0.25) is 5.91 Å². The van der Waals surface area contributed by atoms with Crippen LogP contribution in [0, 0.1) is 5.92 Å². The van der Waals surface area contributed by atoms with Crippen molar-refractivity contribution in [3.05, 3.63) is 59.3 Å². The number of hydrazine groups is 1. The number of nitrogens with zero attached hydrogens (tertiary/aromatic N) is 2. The summed E-state index contributed by atoms with van der Waals surface area (Å²) in [6.07, 6.45) is 1.69. The number of anilines is 1. The second kappa shape index (κ2) is 9.45. The standard InChI is InChI=1S/C23H30N6O2/c1-15-19(14-26-28-15)23(31)29-11-9-17(10-12-29)20-8-7-18(21(24)27-20)22(30)25-13-16-5-3-2-4-6-16/h2-8,15,17,19,26,28H,9-14H2,1H3,(H2,24,27)(H,25,30). The average Bonchev–Trinajstić information content (AvgIpc) is 3.23. The van der Waals surface area contributed by atoms with Gasteiger partial charge in [0.15, 0.2) is 0 Å². The fourth-order valence-electron chi connectivity index (χ4n) is 4.32. The lowest BCUT2D eigenvalue weighted by Crippen LogP contribution is -2.44. The Morgan fingerprint density at radius 3 is 2.55 bits per heavy atom. The van der Waals surface area contributed by atoms with E-state index in [4.69, 9.17) is 5.73 Å². The fourth-order valence-corrected chi connectivity index (χ4v) is 4.32. The highest BCUT2D eigenvalue weighted by atomic mass is 16.2. The number of hydrogen-bond donors (Lipinski definition) is 4. The number of amides is 2. The maximum Gasteiger partial charge on any atom is 0.255 e. The van der Waals surface area contributed by atoms with Crippen molar-refractivity contribution >= 4 is 17.6 Å². The van der Waals surface area contributed by atoms with E-state index >= 15 is 0 Å². The maximum atomic E-state index is 12.8. The minimum atomic E-state index is -0.228. The van der Waals surface area contributed by atoms with Gasteiger partial charge in [0.1, 0.15) is 5.82 Å². The number of benzene rings is 1. The van der Waals surface area contributed by atoms with Crippen LogP contribution in [0.4, 0.5) is 5.82 Å². The maximum absolute atomic E-state index is 12.8. The lowest BCUT2D eigenvalue weighted by molar-refractivity contribution is -0.136. The van der Waals surface area contributed by atoms with E-state index in [9.17, 15) is 9.59 Å². The number of hydrogen-bond acceptors (Lipinski definition) is 6. The number of carbonyl (C=O) groups excluding carboxylic acids is 2. The highest BCUT2D eigenvalue weighted by molar-refractivity contribution is 5.98. The van der Waals surface area contributed by atoms with Gasteiger partial charge in [-0.15, -0.1) is 0 Å². The van der Waals surface area contributed by atoms with Crippen LogP contribution >= 0.6 is 0 Å². The molecular weight excluding hydrogens is 392 g/mol. The molecule has 2 aromatic rings. The van der Waals surface area contributed by atoms with E-state index in [-0.39, 0.29) is 35.5 Å². The summed E-state index contributed by atoms with van der Waals surface area (Å²) in [6, 6.07) is 13.5. The van der Waals surface area contributed by atoms with Gasteiger partial charge in [-0.2, -0.15) is 0 Å². The van der Waals surface area contributed by atoms with E-state index in [2.05, 4.69) is 21.2 Å². The number of pyridine rings is 1. The molecule has 4 rings (SSSR count). The van der Waals surface area contributed by atoms with Crippen LogP contribution < -0.4 is 21.9 Å². The van der Waals surface area contributed by atoms with Crippen molar-refractivity contribution in [2.24, 2.45) is 5.92 Å². The summed E-state index contributed by atoms with van der Waals surface area (Å²) in [7, 11) is 0. The summed E-state index contributed by atoms with van der Waals surface area (Å²) in [4.78, 5) is 31.8. The molecule has 2 amide bonds. The molecule has 0 bridgehead atoms. The molecule has 8 nitrogen and oxygen atoms in total. The van der Waals surface area contributed by atoms with Crippen LogP contribution in [-0.4, -0.2) is 47.4 Å². The first-order chi connectivity index (χ1) is 15.0. The van der Waals surface area contributed by atoms with Crippen LogP contribution in [0.1, 0.15) is 47.3 Å². The van der Waals surface area contributed by atoms with Gasteiger partial charge in [-0.25, -0.2) is 4.98 Å². The number of nitrogen functional groups attached to an aromatic ring is 1. The molecule has 0 radical (unpaired) electrons. The Kier molecular flexibility index (Phi) is 6.48. The molecule has 1 aromatic carbocycles. The Balaban J connectivity index is 1.33. The highest BCUT2D eigenvalue weighted by Crippen LogP contribution is 2.29. The first-order valence-corrected chi connectivity index (χ1v) is 10.9. The Bertz CT molecular complexity index is 927. The number of nitrogens with two attached hydrogens (primary N) is 1. The molecule has 0 spiro atoms. The van der Waals surface area contributed by atoms with Crippen molar-refractivity contribution in [1.29, 1.82) is 0 Å². The first kappa shape index (κ1) is 21.3. The predicted octanol–water partition coefficient (Wildman–Crippen LogP) is 1.41. The van der Waals surface area contributed by atoms with E-state index in [0.717, 1.165) is 24.1 Å². The molecule has 2 atom stereocenters. The molecule has 2 saturated heterocycles. The molecule has 3 heterocycles. The fraction of sp³-hybridized carbons (Fsp3) is 0.435. The van der Waals surface area contributed by atoms with Gasteiger partial charge < -0.3 is 16.0 Å². The molecule has 0 aliphatic carbocycles. The van der Waals surface area contributed by atoms with Crippen LogP contribution in [0.25, 0.3) is 0 Å². The molecule has 5 N–H and O–H groups in total. The van der Waals surface area contributed by atoms with Crippen molar-refractivity contribution in [3.63, 3.8) is 0 Å². The quantitative estimate of drug-likeness (QED) is 0.580. The molecule has 0 saturated carbocycles. The van der Waals surface area contributed by atoms with Crippen LogP contribution in [0.15, 0.2) is 42.5 Å². The SMILES string of the molecule is CC1NNCC1C(=O)N1CCC(c2ccc(C(=O)NCc3ccccc3)c(N)n2)CC1. The molecule has 2 fully saturated rings. The number of carbonyl (C=O) groups is 2. The van der Waals surface area contributed by atoms with Crippen LogP contribution in [0.5, 0.6) is 0 Å². The summed E-state index contributed by atoms with van der Waals surface area (Å²) in [5, 5.41) is 2.89. The van der Waals surface area contributed by atoms with Gasteiger partial charge in [0, 0.05) is 43.8 Å². The summed E-state index contributed by atoms with van der Waals surface area (Å²) in [5.74, 6) is 0.456. The number of nitrogens with one attached hydrogen (secondary N) is 3. The smallest absolute Gasteiger partial charge is 0.255 e. The van der Waals surface area contributed by atoms with Crippen LogP contribution in [0.3, 0.4) is 0 Å². The Hall–Kier alpha value is -2.97. The third-order valence-electron chi connectivity index (χ3n) is 6.28. The van der Waals surface area contributed by atoms with Gasteiger partial charge in [-0.05, 0) is 37.5 Å². The minimum Gasteiger partial charge on any atom is -0.383 e. The monoisotopic (exact) mass is 422 g/mol. The van der Waals surface area contributed by atoms with Gasteiger partial charge in [0.05, 0.1) is 11.5 Å². The van der Waals surface area contributed by atoms with E-state index in [1.54, 1.807) is 6.07 Å². The lowest BCUT2D eigenvalue weighted by atomic mass is 9.91. The average molecular weight is 423 g/mol. The zero-order valence-electron chi connectivity index (χ0n) is 17.8. The normalized spacial score (nSPS) is 21.8. The van der Waals surface area contributed by atoms with Crippen LogP contribution in [-0.2, 0) is 11.3 Å². The van der Waals surface area contributed by atoms with Crippen molar-refractivity contribution in [1.82, 2.24) is 26.1 Å². The van der Waals surface area contributed by atoms with Crippen molar-refractivity contribution in [2.45, 2.75) is 38.3 Å². The second-order valence-corrected chi connectivity index (χ2v) is 8.36. The van der Waals surface area contributed by atoms with Crippen molar-refractivity contribution in [3.8, 4) is 0 Å². The van der Waals surface area contributed by atoms with Crippen molar-refractivity contribution in [2.75, 3.05) is 25.4 Å². The van der Waals surface area contributed by atoms with E-state index in [1.165, 1.54) is 0 Å². The predicted molar refractivity (Wildman–Crippen MR) is 119 cm³/mol.